The van der Waals surface area contributed by atoms with E-state index in [1.807, 2.05) is 0 Å². The van der Waals surface area contributed by atoms with Crippen molar-refractivity contribution in [2.45, 2.75) is 26.3 Å². The summed E-state index contributed by atoms with van der Waals surface area (Å²) in [5, 5.41) is 14.3. The lowest BCUT2D eigenvalue weighted by atomic mass is 10.1. The van der Waals surface area contributed by atoms with Crippen LogP contribution in [-0.4, -0.2) is 36.2 Å². The van der Waals surface area contributed by atoms with Crippen LogP contribution in [0.3, 0.4) is 0 Å². The average Bonchev–Trinajstić information content (AvgIpc) is 1.83. The first-order valence-electron chi connectivity index (χ1n) is 4.09. The molecule has 0 saturated carbocycles. The normalized spacial score (nSPS) is 11.6. The molecule has 0 unspecified atom stereocenters. The summed E-state index contributed by atoms with van der Waals surface area (Å²) in [7, 11) is 0. The molecule has 12 heavy (non-hydrogen) atoms. The summed E-state index contributed by atoms with van der Waals surface area (Å²) in [5.74, 6) is -0.814. The smallest absolute Gasteiger partial charge is 0.317 e. The van der Waals surface area contributed by atoms with Crippen molar-refractivity contribution in [3.05, 3.63) is 0 Å². The number of hydrogen-bond donors (Lipinski definition) is 3. The maximum absolute atomic E-state index is 10.1. The van der Waals surface area contributed by atoms with E-state index in [0.29, 0.717) is 6.54 Å². The second-order valence-corrected chi connectivity index (χ2v) is 3.75. The largest absolute Gasteiger partial charge is 0.480 e. The minimum Gasteiger partial charge on any atom is -0.480 e. The molecule has 0 aliphatic heterocycles. The first-order valence-corrected chi connectivity index (χ1v) is 4.09. The van der Waals surface area contributed by atoms with Gasteiger partial charge in [0.2, 0.25) is 0 Å². The summed E-state index contributed by atoms with van der Waals surface area (Å²) in [6.45, 7) is 7.73. The van der Waals surface area contributed by atoms with Crippen LogP contribution in [-0.2, 0) is 4.79 Å². The fourth-order valence-electron chi connectivity index (χ4n) is 0.721. The minimum absolute atomic E-state index is 0.0336. The van der Waals surface area contributed by atoms with Crippen molar-refractivity contribution in [1.29, 1.82) is 0 Å². The van der Waals surface area contributed by atoms with Gasteiger partial charge in [-0.1, -0.05) is 0 Å². The fourth-order valence-corrected chi connectivity index (χ4v) is 0.721. The van der Waals surface area contributed by atoms with Crippen molar-refractivity contribution in [3.8, 4) is 0 Å². The molecular formula is C8H18N2O2. The topological polar surface area (TPSA) is 61.4 Å². The van der Waals surface area contributed by atoms with E-state index in [0.717, 1.165) is 6.54 Å². The molecule has 0 saturated heterocycles. The molecule has 4 heteroatoms. The molecule has 0 atom stereocenters. The van der Waals surface area contributed by atoms with Crippen LogP contribution >= 0.6 is 0 Å². The summed E-state index contributed by atoms with van der Waals surface area (Å²) in [5.41, 5.74) is 0.102. The lowest BCUT2D eigenvalue weighted by molar-refractivity contribution is -0.135. The molecule has 0 heterocycles. The van der Waals surface area contributed by atoms with E-state index in [9.17, 15) is 4.79 Å². The quantitative estimate of drug-likeness (QED) is 0.515. The van der Waals surface area contributed by atoms with Crippen molar-refractivity contribution >= 4 is 5.97 Å². The molecular weight excluding hydrogens is 156 g/mol. The Hall–Kier alpha value is -0.610. The number of carboxylic acid groups (broad SMARTS) is 1. The van der Waals surface area contributed by atoms with Gasteiger partial charge in [-0.25, -0.2) is 0 Å². The number of aliphatic carboxylic acids is 1. The van der Waals surface area contributed by atoms with Crippen LogP contribution in [0.15, 0.2) is 0 Å². The summed E-state index contributed by atoms with van der Waals surface area (Å²) in [6.07, 6.45) is 0. The summed E-state index contributed by atoms with van der Waals surface area (Å²) < 4.78 is 0. The van der Waals surface area contributed by atoms with Gasteiger partial charge in [0, 0.05) is 18.6 Å². The van der Waals surface area contributed by atoms with Crippen molar-refractivity contribution in [1.82, 2.24) is 10.6 Å². The molecule has 0 spiro atoms. The molecule has 3 N–H and O–H groups in total. The predicted molar refractivity (Wildman–Crippen MR) is 48.3 cm³/mol. The Kier molecular flexibility index (Phi) is 4.85. The Balaban J connectivity index is 3.17. The number of carboxylic acids is 1. The Labute approximate surface area is 73.3 Å². The lowest BCUT2D eigenvalue weighted by Gasteiger charge is -2.20. The monoisotopic (exact) mass is 174 g/mol. The van der Waals surface area contributed by atoms with Crippen molar-refractivity contribution in [2.75, 3.05) is 19.6 Å². The second-order valence-electron chi connectivity index (χ2n) is 3.75. The van der Waals surface area contributed by atoms with E-state index in [2.05, 4.69) is 31.4 Å². The van der Waals surface area contributed by atoms with Crippen LogP contribution in [0.1, 0.15) is 20.8 Å². The molecule has 0 radical (unpaired) electrons. The summed E-state index contributed by atoms with van der Waals surface area (Å²) >= 11 is 0. The predicted octanol–water partition coefficient (Wildman–Crippen LogP) is 0.0487. The standard InChI is InChI=1S/C8H18N2O2/c1-8(2,3)10-5-4-9-6-7(11)12/h9-10H,4-6H2,1-3H3,(H,11,12). The van der Waals surface area contributed by atoms with Crippen LogP contribution in [0.25, 0.3) is 0 Å². The van der Waals surface area contributed by atoms with E-state index in [-0.39, 0.29) is 12.1 Å². The third-order valence-electron chi connectivity index (χ3n) is 1.23. The molecule has 0 aromatic carbocycles. The van der Waals surface area contributed by atoms with Gasteiger partial charge in [-0.05, 0) is 20.8 Å². The number of carbonyl (C=O) groups is 1. The Morgan fingerprint density at radius 2 is 1.92 bits per heavy atom. The lowest BCUT2D eigenvalue weighted by Crippen LogP contribution is -2.40. The second kappa shape index (κ2) is 5.11. The van der Waals surface area contributed by atoms with Crippen molar-refractivity contribution in [2.24, 2.45) is 0 Å². The van der Waals surface area contributed by atoms with E-state index in [1.165, 1.54) is 0 Å². The molecule has 0 fully saturated rings. The van der Waals surface area contributed by atoms with E-state index >= 15 is 0 Å². The highest BCUT2D eigenvalue weighted by Gasteiger charge is 2.06. The fraction of sp³-hybridized carbons (Fsp3) is 0.875. The maximum Gasteiger partial charge on any atom is 0.317 e. The Morgan fingerprint density at radius 3 is 2.33 bits per heavy atom. The molecule has 0 aliphatic carbocycles. The van der Waals surface area contributed by atoms with Gasteiger partial charge in [0.1, 0.15) is 0 Å². The third kappa shape index (κ3) is 9.39. The maximum atomic E-state index is 10.1. The summed E-state index contributed by atoms with van der Waals surface area (Å²) in [4.78, 5) is 10.1. The van der Waals surface area contributed by atoms with Crippen LogP contribution in [0.5, 0.6) is 0 Å². The highest BCUT2D eigenvalue weighted by atomic mass is 16.4. The van der Waals surface area contributed by atoms with Crippen molar-refractivity contribution < 1.29 is 9.90 Å². The van der Waals surface area contributed by atoms with Crippen molar-refractivity contribution in [3.63, 3.8) is 0 Å². The molecule has 72 valence electrons. The first kappa shape index (κ1) is 11.4. The van der Waals surface area contributed by atoms with E-state index < -0.39 is 5.97 Å². The van der Waals surface area contributed by atoms with Gasteiger partial charge in [-0.2, -0.15) is 0 Å². The van der Waals surface area contributed by atoms with Crippen LogP contribution in [0, 0.1) is 0 Å². The van der Waals surface area contributed by atoms with Gasteiger partial charge in [0.25, 0.3) is 0 Å². The van der Waals surface area contributed by atoms with Gasteiger partial charge in [0.15, 0.2) is 0 Å². The number of nitrogens with one attached hydrogen (secondary N) is 2. The third-order valence-corrected chi connectivity index (χ3v) is 1.23. The van der Waals surface area contributed by atoms with Crippen LogP contribution in [0.2, 0.25) is 0 Å². The molecule has 0 aromatic rings. The summed E-state index contributed by atoms with van der Waals surface area (Å²) in [6, 6.07) is 0. The molecule has 4 nitrogen and oxygen atoms in total. The zero-order valence-electron chi connectivity index (χ0n) is 7.98. The van der Waals surface area contributed by atoms with E-state index in [1.54, 1.807) is 0 Å². The zero-order valence-corrected chi connectivity index (χ0v) is 7.98. The first-order chi connectivity index (χ1) is 5.42. The zero-order chi connectivity index (χ0) is 9.61. The molecule has 0 amide bonds. The van der Waals surface area contributed by atoms with Gasteiger partial charge < -0.3 is 15.7 Å². The Bertz CT molecular complexity index is 140. The van der Waals surface area contributed by atoms with Gasteiger partial charge in [-0.3, -0.25) is 4.79 Å². The highest BCUT2D eigenvalue weighted by Crippen LogP contribution is 1.95. The van der Waals surface area contributed by atoms with Gasteiger partial charge in [0.05, 0.1) is 6.54 Å². The highest BCUT2D eigenvalue weighted by molar-refractivity contribution is 5.68. The minimum atomic E-state index is -0.814. The Morgan fingerprint density at radius 1 is 1.33 bits per heavy atom. The van der Waals surface area contributed by atoms with Crippen LogP contribution in [0.4, 0.5) is 0 Å². The number of hydrogen-bond acceptors (Lipinski definition) is 3. The molecule has 0 aromatic heterocycles. The number of rotatable bonds is 5. The molecule has 0 aliphatic rings. The van der Waals surface area contributed by atoms with Gasteiger partial charge in [-0.15, -0.1) is 0 Å². The average molecular weight is 174 g/mol. The SMILES string of the molecule is CC(C)(C)NCCNCC(=O)O. The van der Waals surface area contributed by atoms with Crippen LogP contribution < -0.4 is 10.6 Å². The molecule has 0 rings (SSSR count). The van der Waals surface area contributed by atoms with Gasteiger partial charge >= 0.3 is 5.97 Å². The van der Waals surface area contributed by atoms with E-state index in [4.69, 9.17) is 5.11 Å². The molecule has 0 bridgehead atoms.